The minimum Gasteiger partial charge on any atom is -0.496 e. The Labute approximate surface area is 169 Å². The molecule has 1 amide bonds. The van der Waals surface area contributed by atoms with Crippen molar-refractivity contribution in [2.75, 3.05) is 44.8 Å². The van der Waals surface area contributed by atoms with E-state index in [-0.39, 0.29) is 11.6 Å². The summed E-state index contributed by atoms with van der Waals surface area (Å²) < 4.78 is 10.7. The van der Waals surface area contributed by atoms with Crippen molar-refractivity contribution >= 4 is 17.3 Å². The van der Waals surface area contributed by atoms with Gasteiger partial charge < -0.3 is 19.3 Å². The van der Waals surface area contributed by atoms with E-state index in [4.69, 9.17) is 9.47 Å². The topological polar surface area (TPSA) is 85.2 Å². The molecular formula is C21H25N3O5. The van der Waals surface area contributed by atoms with Crippen LogP contribution in [0.25, 0.3) is 0 Å². The van der Waals surface area contributed by atoms with E-state index in [2.05, 4.69) is 0 Å². The third-order valence-corrected chi connectivity index (χ3v) is 4.84. The Bertz CT molecular complexity index is 878. The minimum absolute atomic E-state index is 0.00454. The molecule has 1 aliphatic rings. The molecular weight excluding hydrogens is 374 g/mol. The Hall–Kier alpha value is -3.29. The number of nitro groups is 1. The zero-order chi connectivity index (χ0) is 20.8. The predicted octanol–water partition coefficient (Wildman–Crippen LogP) is 3.35. The Morgan fingerprint density at radius 2 is 1.86 bits per heavy atom. The van der Waals surface area contributed by atoms with Gasteiger partial charge in [-0.25, -0.2) is 0 Å². The van der Waals surface area contributed by atoms with Crippen LogP contribution in [0.2, 0.25) is 0 Å². The first-order valence-electron chi connectivity index (χ1n) is 9.63. The molecule has 3 rings (SSSR count). The van der Waals surface area contributed by atoms with Crippen LogP contribution in [0, 0.1) is 10.1 Å². The number of hydrogen-bond donors (Lipinski definition) is 0. The Morgan fingerprint density at radius 1 is 1.10 bits per heavy atom. The molecule has 154 valence electrons. The summed E-state index contributed by atoms with van der Waals surface area (Å²) in [4.78, 5) is 27.6. The number of ether oxygens (including phenoxy) is 2. The largest absolute Gasteiger partial charge is 0.496 e. The third kappa shape index (κ3) is 4.77. The normalized spacial score (nSPS) is 13.9. The molecule has 1 saturated heterocycles. The van der Waals surface area contributed by atoms with Gasteiger partial charge in [-0.05, 0) is 36.8 Å². The van der Waals surface area contributed by atoms with Gasteiger partial charge in [0.1, 0.15) is 17.2 Å². The first kappa shape index (κ1) is 20.4. The van der Waals surface area contributed by atoms with E-state index in [0.29, 0.717) is 55.5 Å². The second-order valence-electron chi connectivity index (χ2n) is 6.77. The van der Waals surface area contributed by atoms with Crippen molar-refractivity contribution < 1.29 is 19.2 Å². The van der Waals surface area contributed by atoms with E-state index < -0.39 is 4.92 Å². The molecule has 0 unspecified atom stereocenters. The first-order chi connectivity index (χ1) is 14.0. The van der Waals surface area contributed by atoms with Crippen molar-refractivity contribution in [3.63, 3.8) is 0 Å². The molecule has 0 aromatic heterocycles. The van der Waals surface area contributed by atoms with E-state index in [0.717, 1.165) is 6.42 Å². The monoisotopic (exact) mass is 399 g/mol. The zero-order valence-corrected chi connectivity index (χ0v) is 16.7. The highest BCUT2D eigenvalue weighted by molar-refractivity contribution is 5.94. The molecule has 0 radical (unpaired) electrons. The second kappa shape index (κ2) is 9.27. The lowest BCUT2D eigenvalue weighted by Gasteiger charge is -2.36. The SMILES string of the molecule is CCCOc1cccc(C(=O)N2CCN(c3ccc(OC)cc3[N+](=O)[O-])CC2)c1. The molecule has 8 heteroatoms. The molecule has 0 bridgehead atoms. The first-order valence-corrected chi connectivity index (χ1v) is 9.63. The van der Waals surface area contributed by atoms with Crippen molar-refractivity contribution in [1.29, 1.82) is 0 Å². The van der Waals surface area contributed by atoms with Crippen LogP contribution in [0.5, 0.6) is 11.5 Å². The van der Waals surface area contributed by atoms with Crippen LogP contribution >= 0.6 is 0 Å². The lowest BCUT2D eigenvalue weighted by molar-refractivity contribution is -0.384. The molecule has 2 aromatic carbocycles. The molecule has 0 spiro atoms. The van der Waals surface area contributed by atoms with Crippen molar-refractivity contribution in [1.82, 2.24) is 4.90 Å². The summed E-state index contributed by atoms with van der Waals surface area (Å²) in [6, 6.07) is 12.0. The average Bonchev–Trinajstić information content (AvgIpc) is 2.77. The highest BCUT2D eigenvalue weighted by Crippen LogP contribution is 2.32. The molecule has 0 saturated carbocycles. The van der Waals surface area contributed by atoms with Gasteiger partial charge in [0.2, 0.25) is 0 Å². The van der Waals surface area contributed by atoms with Gasteiger partial charge in [-0.3, -0.25) is 14.9 Å². The predicted molar refractivity (Wildman–Crippen MR) is 110 cm³/mol. The summed E-state index contributed by atoms with van der Waals surface area (Å²) in [7, 11) is 1.48. The maximum atomic E-state index is 12.9. The molecule has 0 N–H and O–H groups in total. The summed E-state index contributed by atoms with van der Waals surface area (Å²) in [6.07, 6.45) is 0.900. The van der Waals surface area contributed by atoms with Gasteiger partial charge >= 0.3 is 0 Å². The molecule has 1 aliphatic heterocycles. The molecule has 0 aliphatic carbocycles. The van der Waals surface area contributed by atoms with E-state index >= 15 is 0 Å². The number of carbonyl (C=O) groups excluding carboxylic acids is 1. The van der Waals surface area contributed by atoms with E-state index in [9.17, 15) is 14.9 Å². The second-order valence-corrected chi connectivity index (χ2v) is 6.77. The van der Waals surface area contributed by atoms with Crippen LogP contribution in [-0.2, 0) is 0 Å². The molecule has 29 heavy (non-hydrogen) atoms. The number of rotatable bonds is 7. The summed E-state index contributed by atoms with van der Waals surface area (Å²) in [5.74, 6) is 1.07. The summed E-state index contributed by atoms with van der Waals surface area (Å²) >= 11 is 0. The number of anilines is 1. The van der Waals surface area contributed by atoms with Crippen molar-refractivity contribution in [2.24, 2.45) is 0 Å². The molecule has 8 nitrogen and oxygen atoms in total. The number of nitrogens with zero attached hydrogens (tertiary/aromatic N) is 3. The number of nitro benzene ring substituents is 1. The van der Waals surface area contributed by atoms with E-state index in [1.54, 1.807) is 29.2 Å². The molecule has 1 heterocycles. The van der Waals surface area contributed by atoms with Gasteiger partial charge in [-0.15, -0.1) is 0 Å². The highest BCUT2D eigenvalue weighted by atomic mass is 16.6. The van der Waals surface area contributed by atoms with Gasteiger partial charge in [0, 0.05) is 31.7 Å². The van der Waals surface area contributed by atoms with Gasteiger partial charge in [-0.1, -0.05) is 13.0 Å². The smallest absolute Gasteiger partial charge is 0.296 e. The summed E-state index contributed by atoms with van der Waals surface area (Å²) in [5, 5.41) is 11.4. The van der Waals surface area contributed by atoms with Crippen LogP contribution < -0.4 is 14.4 Å². The van der Waals surface area contributed by atoms with E-state index in [1.807, 2.05) is 24.0 Å². The maximum absolute atomic E-state index is 12.9. The van der Waals surface area contributed by atoms with Gasteiger partial charge in [0.25, 0.3) is 11.6 Å². The van der Waals surface area contributed by atoms with Crippen LogP contribution in [0.1, 0.15) is 23.7 Å². The Kier molecular flexibility index (Phi) is 6.54. The number of hydrogen-bond acceptors (Lipinski definition) is 6. The van der Waals surface area contributed by atoms with Crippen LogP contribution in [0.3, 0.4) is 0 Å². The molecule has 2 aromatic rings. The fourth-order valence-electron chi connectivity index (χ4n) is 3.32. The van der Waals surface area contributed by atoms with Crippen LogP contribution in [0.4, 0.5) is 11.4 Å². The molecule has 0 atom stereocenters. The van der Waals surface area contributed by atoms with Crippen LogP contribution in [-0.4, -0.2) is 55.6 Å². The lowest BCUT2D eigenvalue weighted by Crippen LogP contribution is -2.49. The highest BCUT2D eigenvalue weighted by Gasteiger charge is 2.27. The van der Waals surface area contributed by atoms with Gasteiger partial charge in [0.15, 0.2) is 0 Å². The van der Waals surface area contributed by atoms with Crippen molar-refractivity contribution in [3.8, 4) is 11.5 Å². The standard InChI is InChI=1S/C21H25N3O5/c1-3-13-29-18-6-4-5-16(14-18)21(25)23-11-9-22(10-12-23)19-8-7-17(28-2)15-20(19)24(26)27/h4-8,14-15H,3,9-13H2,1-2H3. The zero-order valence-electron chi connectivity index (χ0n) is 16.7. The number of amides is 1. The van der Waals surface area contributed by atoms with Gasteiger partial charge in [-0.2, -0.15) is 0 Å². The Balaban J connectivity index is 1.68. The number of carbonyl (C=O) groups is 1. The summed E-state index contributed by atoms with van der Waals surface area (Å²) in [5.41, 5.74) is 1.13. The number of benzene rings is 2. The van der Waals surface area contributed by atoms with E-state index in [1.165, 1.54) is 13.2 Å². The summed E-state index contributed by atoms with van der Waals surface area (Å²) in [6.45, 7) is 4.65. The average molecular weight is 399 g/mol. The number of piperazine rings is 1. The third-order valence-electron chi connectivity index (χ3n) is 4.84. The molecule has 1 fully saturated rings. The fraction of sp³-hybridized carbons (Fsp3) is 0.381. The maximum Gasteiger partial charge on any atom is 0.296 e. The lowest BCUT2D eigenvalue weighted by atomic mass is 10.1. The minimum atomic E-state index is -0.406. The van der Waals surface area contributed by atoms with Crippen molar-refractivity contribution in [3.05, 3.63) is 58.1 Å². The van der Waals surface area contributed by atoms with Gasteiger partial charge in [0.05, 0.1) is 24.7 Å². The fourth-order valence-corrected chi connectivity index (χ4v) is 3.32. The van der Waals surface area contributed by atoms with Crippen LogP contribution in [0.15, 0.2) is 42.5 Å². The van der Waals surface area contributed by atoms with Crippen molar-refractivity contribution in [2.45, 2.75) is 13.3 Å². The number of methoxy groups -OCH3 is 1. The Morgan fingerprint density at radius 3 is 2.52 bits per heavy atom. The quantitative estimate of drug-likeness (QED) is 0.524.